The van der Waals surface area contributed by atoms with Crippen LogP contribution in [0, 0.1) is 0 Å². The predicted octanol–water partition coefficient (Wildman–Crippen LogP) is 3.77. The summed E-state index contributed by atoms with van der Waals surface area (Å²) < 4.78 is 12.8. The number of rotatable bonds is 8. The molecule has 0 aliphatic carbocycles. The highest BCUT2D eigenvalue weighted by molar-refractivity contribution is 6.33. The molecule has 180 valence electrons. The Labute approximate surface area is 204 Å². The number of pyridine rings is 1. The first kappa shape index (κ1) is 24.0. The number of halogens is 1. The molecule has 0 bridgehead atoms. The van der Waals surface area contributed by atoms with Crippen LogP contribution in [0.4, 0.5) is 11.5 Å². The van der Waals surface area contributed by atoms with E-state index in [1.807, 2.05) is 44.2 Å². The van der Waals surface area contributed by atoms with E-state index in [1.165, 1.54) is 4.57 Å². The molecular weight excluding hydrogens is 454 g/mol. The molecule has 3 aromatic rings. The molecule has 0 amide bonds. The smallest absolute Gasteiger partial charge is 0.277 e. The second-order valence-corrected chi connectivity index (χ2v) is 8.57. The molecule has 2 aromatic heterocycles. The lowest BCUT2D eigenvalue weighted by atomic mass is 10.1. The Morgan fingerprint density at radius 3 is 2.68 bits per heavy atom. The van der Waals surface area contributed by atoms with Gasteiger partial charge >= 0.3 is 0 Å². The Morgan fingerprint density at radius 2 is 2.03 bits per heavy atom. The van der Waals surface area contributed by atoms with Crippen molar-refractivity contribution in [3.05, 3.63) is 63.7 Å². The number of aryl methyl sites for hydroxylation is 1. The van der Waals surface area contributed by atoms with Crippen molar-refractivity contribution in [1.82, 2.24) is 14.5 Å². The van der Waals surface area contributed by atoms with Crippen LogP contribution < -0.4 is 20.5 Å². The van der Waals surface area contributed by atoms with Gasteiger partial charge in [0.15, 0.2) is 0 Å². The minimum absolute atomic E-state index is 0.0859. The minimum Gasteiger partial charge on any atom is -0.497 e. The summed E-state index contributed by atoms with van der Waals surface area (Å²) in [6, 6.07) is 11.1. The Bertz CT molecular complexity index is 1200. The number of nitrogens with zero attached hydrogens (tertiary/aromatic N) is 4. The molecule has 0 spiro atoms. The van der Waals surface area contributed by atoms with E-state index in [1.54, 1.807) is 26.4 Å². The molecule has 1 fully saturated rings. The van der Waals surface area contributed by atoms with Crippen molar-refractivity contribution >= 4 is 23.1 Å². The number of hydrogen-bond acceptors (Lipinski definition) is 7. The van der Waals surface area contributed by atoms with Gasteiger partial charge in [-0.2, -0.15) is 0 Å². The molecule has 0 unspecified atom stereocenters. The van der Waals surface area contributed by atoms with Gasteiger partial charge < -0.3 is 19.7 Å². The molecule has 3 heterocycles. The molecule has 8 nitrogen and oxygen atoms in total. The summed E-state index contributed by atoms with van der Waals surface area (Å²) in [5, 5.41) is 3.95. The van der Waals surface area contributed by atoms with Crippen LogP contribution in [-0.4, -0.2) is 53.5 Å². The quantitative estimate of drug-likeness (QED) is 0.522. The first-order valence-corrected chi connectivity index (χ1v) is 11.8. The lowest BCUT2D eigenvalue weighted by Crippen LogP contribution is -2.38. The van der Waals surface area contributed by atoms with Crippen molar-refractivity contribution in [2.75, 3.05) is 37.0 Å². The molecular formula is C25H30ClN5O3. The van der Waals surface area contributed by atoms with E-state index < -0.39 is 0 Å². The molecule has 0 saturated carbocycles. The van der Waals surface area contributed by atoms with Crippen molar-refractivity contribution in [3.63, 3.8) is 0 Å². The zero-order valence-electron chi connectivity index (χ0n) is 19.9. The van der Waals surface area contributed by atoms with Crippen molar-refractivity contribution < 1.29 is 9.47 Å². The maximum Gasteiger partial charge on any atom is 0.277 e. The van der Waals surface area contributed by atoms with Crippen LogP contribution in [0.5, 0.6) is 5.75 Å². The third-order valence-electron chi connectivity index (χ3n) is 6.07. The first-order valence-electron chi connectivity index (χ1n) is 11.4. The molecule has 4 rings (SSSR count). The molecule has 1 aliphatic rings. The lowest BCUT2D eigenvalue weighted by molar-refractivity contribution is 0.0719. The number of benzene rings is 1. The molecule has 0 radical (unpaired) electrons. The molecule has 2 atom stereocenters. The van der Waals surface area contributed by atoms with Gasteiger partial charge in [-0.1, -0.05) is 24.6 Å². The summed E-state index contributed by atoms with van der Waals surface area (Å²) >= 11 is 6.49. The van der Waals surface area contributed by atoms with E-state index in [-0.39, 0.29) is 17.7 Å². The summed E-state index contributed by atoms with van der Waals surface area (Å²) in [5.41, 5.74) is 1.71. The van der Waals surface area contributed by atoms with Gasteiger partial charge in [0.25, 0.3) is 5.56 Å². The van der Waals surface area contributed by atoms with E-state index >= 15 is 0 Å². The van der Waals surface area contributed by atoms with E-state index in [0.717, 1.165) is 5.82 Å². The number of anilines is 2. The van der Waals surface area contributed by atoms with E-state index in [0.29, 0.717) is 59.7 Å². The van der Waals surface area contributed by atoms with Crippen LogP contribution in [0.3, 0.4) is 0 Å². The molecule has 1 saturated heterocycles. The van der Waals surface area contributed by atoms with Gasteiger partial charge in [0.1, 0.15) is 23.1 Å². The third-order valence-corrected chi connectivity index (χ3v) is 6.38. The fraction of sp³-hybridized carbons (Fsp3) is 0.400. The van der Waals surface area contributed by atoms with Crippen molar-refractivity contribution in [2.24, 2.45) is 7.05 Å². The van der Waals surface area contributed by atoms with Gasteiger partial charge in [-0.25, -0.2) is 9.97 Å². The average Bonchev–Trinajstić information content (AvgIpc) is 3.25. The highest BCUT2D eigenvalue weighted by atomic mass is 35.5. The normalized spacial score (nSPS) is 17.7. The van der Waals surface area contributed by atoms with Gasteiger partial charge in [-0.15, -0.1) is 0 Å². The largest absolute Gasteiger partial charge is 0.497 e. The van der Waals surface area contributed by atoms with Crippen LogP contribution in [0.15, 0.2) is 47.4 Å². The number of methoxy groups -OCH3 is 1. The SMILES string of the molecule is CCO[C@H]1CN(c2ccccn2)C[C@H]1Nc1c(CC)nc(-c2ccc(OC)cc2Cl)n(C)c1=O. The van der Waals surface area contributed by atoms with Crippen molar-refractivity contribution in [3.8, 4) is 17.1 Å². The van der Waals surface area contributed by atoms with Gasteiger partial charge in [-0.05, 0) is 43.7 Å². The highest BCUT2D eigenvalue weighted by Gasteiger charge is 2.35. The number of ether oxygens (including phenoxy) is 2. The molecule has 1 aliphatic heterocycles. The van der Waals surface area contributed by atoms with E-state index in [9.17, 15) is 4.79 Å². The summed E-state index contributed by atoms with van der Waals surface area (Å²) in [6.45, 7) is 5.91. The van der Waals surface area contributed by atoms with Crippen LogP contribution in [0.1, 0.15) is 19.5 Å². The summed E-state index contributed by atoms with van der Waals surface area (Å²) in [5.74, 6) is 2.05. The van der Waals surface area contributed by atoms with Gasteiger partial charge in [0, 0.05) is 38.5 Å². The third kappa shape index (κ3) is 4.74. The fourth-order valence-corrected chi connectivity index (χ4v) is 4.56. The first-order chi connectivity index (χ1) is 16.5. The molecule has 1 aromatic carbocycles. The predicted molar refractivity (Wildman–Crippen MR) is 135 cm³/mol. The van der Waals surface area contributed by atoms with Crippen LogP contribution in [0.25, 0.3) is 11.4 Å². The van der Waals surface area contributed by atoms with Gasteiger partial charge in [0.05, 0.1) is 30.0 Å². The second kappa shape index (κ2) is 10.4. The standard InChI is InChI=1S/C25H30ClN5O3/c1-5-19-23(25(32)30(3)24(29-19)17-11-10-16(33-4)13-18(17)26)28-20-14-31(15-21(20)34-6-2)22-9-7-8-12-27-22/h7-13,20-21,28H,5-6,14-15H2,1-4H3/t20-,21+/m1/s1. The minimum atomic E-state index is -0.153. The Hall–Kier alpha value is -3.10. The Kier molecular flexibility index (Phi) is 7.38. The van der Waals surface area contributed by atoms with Crippen LogP contribution >= 0.6 is 11.6 Å². The van der Waals surface area contributed by atoms with Crippen molar-refractivity contribution in [1.29, 1.82) is 0 Å². The topological polar surface area (TPSA) is 81.5 Å². The van der Waals surface area contributed by atoms with Gasteiger partial charge in [0.2, 0.25) is 0 Å². The zero-order chi connectivity index (χ0) is 24.2. The number of hydrogen-bond donors (Lipinski definition) is 1. The number of aromatic nitrogens is 3. The average molecular weight is 484 g/mol. The molecule has 34 heavy (non-hydrogen) atoms. The van der Waals surface area contributed by atoms with Crippen LogP contribution in [-0.2, 0) is 18.2 Å². The number of nitrogens with one attached hydrogen (secondary N) is 1. The highest BCUT2D eigenvalue weighted by Crippen LogP contribution is 2.31. The maximum atomic E-state index is 13.5. The summed E-state index contributed by atoms with van der Waals surface area (Å²) in [4.78, 5) is 25.0. The van der Waals surface area contributed by atoms with Crippen LogP contribution in [0.2, 0.25) is 5.02 Å². The second-order valence-electron chi connectivity index (χ2n) is 8.16. The van der Waals surface area contributed by atoms with Crippen molar-refractivity contribution in [2.45, 2.75) is 32.4 Å². The fourth-order valence-electron chi connectivity index (χ4n) is 4.30. The zero-order valence-corrected chi connectivity index (χ0v) is 20.7. The maximum absolute atomic E-state index is 13.5. The lowest BCUT2D eigenvalue weighted by Gasteiger charge is -2.22. The van der Waals surface area contributed by atoms with E-state index in [4.69, 9.17) is 26.1 Å². The Balaban J connectivity index is 1.68. The molecule has 9 heteroatoms. The Morgan fingerprint density at radius 1 is 1.21 bits per heavy atom. The summed E-state index contributed by atoms with van der Waals surface area (Å²) in [6.07, 6.45) is 2.29. The van der Waals surface area contributed by atoms with Gasteiger partial charge in [-0.3, -0.25) is 9.36 Å². The summed E-state index contributed by atoms with van der Waals surface area (Å²) in [7, 11) is 3.30. The monoisotopic (exact) mass is 483 g/mol. The van der Waals surface area contributed by atoms with E-state index in [2.05, 4.69) is 15.2 Å². The molecule has 1 N–H and O–H groups in total.